The van der Waals surface area contributed by atoms with Gasteiger partial charge in [-0.15, -0.1) is 0 Å². The lowest BCUT2D eigenvalue weighted by atomic mass is 10.3. The second-order valence-electron chi connectivity index (χ2n) is 4.29. The van der Waals surface area contributed by atoms with Crippen LogP contribution in [0.3, 0.4) is 0 Å². The third-order valence-electron chi connectivity index (χ3n) is 2.71. The first kappa shape index (κ1) is 15.3. The molecule has 0 saturated heterocycles. The molecular weight excluding hydrogens is 284 g/mol. The highest BCUT2D eigenvalue weighted by Crippen LogP contribution is 2.28. The van der Waals surface area contributed by atoms with Gasteiger partial charge in [0.25, 0.3) is 0 Å². The van der Waals surface area contributed by atoms with Crippen molar-refractivity contribution in [1.29, 1.82) is 0 Å². The molecule has 2 aromatic rings. The fourth-order valence-corrected chi connectivity index (χ4v) is 3.17. The molecule has 0 spiro atoms. The van der Waals surface area contributed by atoms with Gasteiger partial charge in [0.15, 0.2) is 0 Å². The van der Waals surface area contributed by atoms with Crippen LogP contribution in [0.1, 0.15) is 13.3 Å². The maximum Gasteiger partial charge on any atom is 0.119 e. The van der Waals surface area contributed by atoms with Gasteiger partial charge in [0.2, 0.25) is 0 Å². The smallest absolute Gasteiger partial charge is 0.119 e. The van der Waals surface area contributed by atoms with Crippen LogP contribution in [0.2, 0.25) is 0 Å². The second kappa shape index (κ2) is 8.98. The first-order valence-electron chi connectivity index (χ1n) is 6.92. The zero-order valence-electron chi connectivity index (χ0n) is 11.7. The minimum atomic E-state index is 0.804. The van der Waals surface area contributed by atoms with E-state index in [1.165, 1.54) is 21.3 Å². The number of benzene rings is 2. The van der Waals surface area contributed by atoms with Gasteiger partial charge >= 0.3 is 0 Å². The van der Waals surface area contributed by atoms with E-state index in [0.29, 0.717) is 0 Å². The van der Waals surface area contributed by atoms with Crippen LogP contribution >= 0.6 is 23.5 Å². The van der Waals surface area contributed by atoms with Crippen LogP contribution in [0.4, 0.5) is 0 Å². The molecule has 0 heterocycles. The Morgan fingerprint density at radius 2 is 1.60 bits per heavy atom. The lowest BCUT2D eigenvalue weighted by molar-refractivity contribution is 0.318. The molecule has 3 heteroatoms. The van der Waals surface area contributed by atoms with E-state index in [4.69, 9.17) is 4.74 Å². The number of rotatable bonds is 8. The molecule has 0 saturated carbocycles. The molecule has 2 rings (SSSR count). The third kappa shape index (κ3) is 5.51. The summed E-state index contributed by atoms with van der Waals surface area (Å²) < 4.78 is 5.74. The molecular formula is C17H20OS2. The van der Waals surface area contributed by atoms with Gasteiger partial charge in [-0.25, -0.2) is 0 Å². The van der Waals surface area contributed by atoms with E-state index in [1.807, 2.05) is 17.8 Å². The molecule has 0 atom stereocenters. The minimum Gasteiger partial charge on any atom is -0.494 e. The summed E-state index contributed by atoms with van der Waals surface area (Å²) in [6.45, 7) is 2.99. The first-order valence-corrected chi connectivity index (χ1v) is 8.89. The Kier molecular flexibility index (Phi) is 6.89. The molecule has 0 aromatic heterocycles. The van der Waals surface area contributed by atoms with Crippen LogP contribution < -0.4 is 4.74 Å². The maximum absolute atomic E-state index is 5.74. The van der Waals surface area contributed by atoms with E-state index in [1.54, 1.807) is 11.8 Å². The van der Waals surface area contributed by atoms with Gasteiger partial charge in [-0.05, 0) is 54.3 Å². The summed E-state index contributed by atoms with van der Waals surface area (Å²) in [6, 6.07) is 18.8. The van der Waals surface area contributed by atoms with E-state index < -0.39 is 0 Å². The molecule has 106 valence electrons. The molecule has 1 nitrogen and oxygen atoms in total. The Hall–Kier alpha value is -1.06. The van der Waals surface area contributed by atoms with Crippen LogP contribution in [-0.2, 0) is 0 Å². The van der Waals surface area contributed by atoms with Gasteiger partial charge in [-0.2, -0.15) is 11.8 Å². The first-order chi connectivity index (χ1) is 9.88. The fraction of sp³-hybridized carbons (Fsp3) is 0.294. The topological polar surface area (TPSA) is 9.23 Å². The molecule has 0 bridgehead atoms. The Bertz CT molecular complexity index is 482. The standard InChI is InChI=1S/C17H20OS2/c1-2-19-14-6-13-18-15-9-11-17(12-10-15)20-16-7-4-3-5-8-16/h3-5,7-12H,2,6,13-14H2,1H3. The second-order valence-corrected chi connectivity index (χ2v) is 6.83. The van der Waals surface area contributed by atoms with Crippen LogP contribution in [0, 0.1) is 0 Å². The normalized spacial score (nSPS) is 10.4. The van der Waals surface area contributed by atoms with E-state index in [-0.39, 0.29) is 0 Å². The molecule has 0 N–H and O–H groups in total. The molecule has 0 amide bonds. The zero-order valence-corrected chi connectivity index (χ0v) is 13.4. The molecule has 0 aliphatic rings. The van der Waals surface area contributed by atoms with E-state index in [2.05, 4.69) is 55.5 Å². The van der Waals surface area contributed by atoms with Crippen molar-refractivity contribution in [2.24, 2.45) is 0 Å². The van der Waals surface area contributed by atoms with Gasteiger partial charge in [0, 0.05) is 9.79 Å². The predicted octanol–water partition coefficient (Wildman–Crippen LogP) is 5.36. The highest BCUT2D eigenvalue weighted by molar-refractivity contribution is 7.99. The average Bonchev–Trinajstić information content (AvgIpc) is 2.50. The number of hydrogen-bond donors (Lipinski definition) is 0. The predicted molar refractivity (Wildman–Crippen MR) is 90.1 cm³/mol. The molecule has 0 aliphatic heterocycles. The van der Waals surface area contributed by atoms with Crippen LogP contribution in [0.15, 0.2) is 64.4 Å². The lowest BCUT2D eigenvalue weighted by Gasteiger charge is -2.07. The van der Waals surface area contributed by atoms with Crippen molar-refractivity contribution in [2.45, 2.75) is 23.1 Å². The Balaban J connectivity index is 1.78. The van der Waals surface area contributed by atoms with Crippen molar-refractivity contribution in [2.75, 3.05) is 18.1 Å². The summed E-state index contributed by atoms with van der Waals surface area (Å²) in [4.78, 5) is 2.50. The van der Waals surface area contributed by atoms with E-state index in [0.717, 1.165) is 18.8 Å². The van der Waals surface area contributed by atoms with Gasteiger partial charge in [0.05, 0.1) is 6.61 Å². The monoisotopic (exact) mass is 304 g/mol. The molecule has 2 aromatic carbocycles. The van der Waals surface area contributed by atoms with Crippen LogP contribution in [-0.4, -0.2) is 18.1 Å². The molecule has 0 radical (unpaired) electrons. The van der Waals surface area contributed by atoms with Crippen LogP contribution in [0.25, 0.3) is 0 Å². The summed E-state index contributed by atoms with van der Waals surface area (Å²) in [5.41, 5.74) is 0. The molecule has 0 aliphatic carbocycles. The van der Waals surface area contributed by atoms with Crippen molar-refractivity contribution < 1.29 is 4.74 Å². The van der Waals surface area contributed by atoms with Crippen molar-refractivity contribution in [3.8, 4) is 5.75 Å². The van der Waals surface area contributed by atoms with Crippen LogP contribution in [0.5, 0.6) is 5.75 Å². The average molecular weight is 304 g/mol. The van der Waals surface area contributed by atoms with Gasteiger partial charge in [-0.3, -0.25) is 0 Å². The van der Waals surface area contributed by atoms with Gasteiger partial charge in [0.1, 0.15) is 5.75 Å². The summed E-state index contributed by atoms with van der Waals surface area (Å²) in [6.07, 6.45) is 1.11. The zero-order chi connectivity index (χ0) is 14.0. The van der Waals surface area contributed by atoms with E-state index >= 15 is 0 Å². The Morgan fingerprint density at radius 1 is 0.900 bits per heavy atom. The number of ether oxygens (including phenoxy) is 1. The third-order valence-corrected chi connectivity index (χ3v) is 4.71. The molecule has 0 fully saturated rings. The molecule has 20 heavy (non-hydrogen) atoms. The largest absolute Gasteiger partial charge is 0.494 e. The van der Waals surface area contributed by atoms with Crippen molar-refractivity contribution >= 4 is 23.5 Å². The quantitative estimate of drug-likeness (QED) is 0.608. The molecule has 0 unspecified atom stereocenters. The number of thioether (sulfide) groups is 1. The Labute approximate surface area is 130 Å². The number of hydrogen-bond acceptors (Lipinski definition) is 3. The SMILES string of the molecule is CCSCCCOc1ccc(Sc2ccccc2)cc1. The Morgan fingerprint density at radius 3 is 2.30 bits per heavy atom. The highest BCUT2D eigenvalue weighted by atomic mass is 32.2. The van der Waals surface area contributed by atoms with Crippen molar-refractivity contribution in [1.82, 2.24) is 0 Å². The van der Waals surface area contributed by atoms with Gasteiger partial charge < -0.3 is 4.74 Å². The van der Waals surface area contributed by atoms with Crippen molar-refractivity contribution in [3.63, 3.8) is 0 Å². The summed E-state index contributed by atoms with van der Waals surface area (Å²) in [7, 11) is 0. The summed E-state index contributed by atoms with van der Waals surface area (Å²) in [5, 5.41) is 0. The summed E-state index contributed by atoms with van der Waals surface area (Å²) >= 11 is 3.74. The van der Waals surface area contributed by atoms with Crippen molar-refractivity contribution in [3.05, 3.63) is 54.6 Å². The van der Waals surface area contributed by atoms with Gasteiger partial charge in [-0.1, -0.05) is 36.9 Å². The highest BCUT2D eigenvalue weighted by Gasteiger charge is 1.98. The van der Waals surface area contributed by atoms with E-state index in [9.17, 15) is 0 Å². The summed E-state index contributed by atoms with van der Waals surface area (Å²) in [5.74, 6) is 3.33. The minimum absolute atomic E-state index is 0.804. The lowest BCUT2D eigenvalue weighted by Crippen LogP contribution is -1.98. The maximum atomic E-state index is 5.74. The fourth-order valence-electron chi connectivity index (χ4n) is 1.72.